The summed E-state index contributed by atoms with van der Waals surface area (Å²) in [5.74, 6) is -0.959. The van der Waals surface area contributed by atoms with E-state index < -0.39 is 5.97 Å². The number of carbonyl (C=O) groups excluding carboxylic acids is 3. The molecule has 0 fully saturated rings. The van der Waals surface area contributed by atoms with Crippen molar-refractivity contribution in [2.45, 2.75) is 41.5 Å². The summed E-state index contributed by atoms with van der Waals surface area (Å²) in [6.07, 6.45) is 0. The number of ether oxygens (including phenoxy) is 1. The molecule has 2 rings (SSSR count). The zero-order valence-electron chi connectivity index (χ0n) is 18.9. The number of aromatic nitrogens is 1. The lowest BCUT2D eigenvalue weighted by molar-refractivity contribution is -0.116. The molecule has 0 aliphatic rings. The molecule has 2 aromatic rings. The van der Waals surface area contributed by atoms with Crippen LogP contribution in [0.5, 0.6) is 0 Å². The van der Waals surface area contributed by atoms with E-state index in [4.69, 9.17) is 4.74 Å². The Morgan fingerprint density at radius 1 is 0.967 bits per heavy atom. The van der Waals surface area contributed by atoms with E-state index in [1.807, 2.05) is 32.9 Å². The molecule has 2 N–H and O–H groups in total. The molecule has 0 atom stereocenters. The third kappa shape index (κ3) is 5.36. The second-order valence-electron chi connectivity index (χ2n) is 7.76. The molecule has 30 heavy (non-hydrogen) atoms. The minimum absolute atomic E-state index is 0.00379. The van der Waals surface area contributed by atoms with Crippen LogP contribution in [0.4, 0.5) is 5.69 Å². The van der Waals surface area contributed by atoms with Crippen molar-refractivity contribution in [3.8, 4) is 0 Å². The maximum absolute atomic E-state index is 12.9. The van der Waals surface area contributed by atoms with Crippen LogP contribution in [0.15, 0.2) is 12.1 Å². The topological polar surface area (TPSA) is 91.5 Å². The summed E-state index contributed by atoms with van der Waals surface area (Å²) in [4.78, 5) is 42.4. The molecule has 1 heterocycles. The fraction of sp³-hybridized carbons (Fsp3) is 0.435. The number of aryl methyl sites for hydroxylation is 5. The van der Waals surface area contributed by atoms with Crippen LogP contribution < -0.4 is 5.32 Å². The normalized spacial score (nSPS) is 10.9. The molecule has 1 aromatic heterocycles. The predicted octanol–water partition coefficient (Wildman–Crippen LogP) is 3.49. The second kappa shape index (κ2) is 9.71. The Morgan fingerprint density at radius 2 is 1.53 bits per heavy atom. The van der Waals surface area contributed by atoms with E-state index in [-0.39, 0.29) is 37.0 Å². The molecule has 1 amide bonds. The number of nitrogens with one attached hydrogen (secondary N) is 2. The number of Topliss-reactive ketones (excluding diaryl/α,β-unsaturated/α-hetero) is 1. The van der Waals surface area contributed by atoms with E-state index in [0.29, 0.717) is 17.0 Å². The summed E-state index contributed by atoms with van der Waals surface area (Å²) >= 11 is 0. The molecule has 0 bridgehead atoms. The highest BCUT2D eigenvalue weighted by Crippen LogP contribution is 2.22. The molecule has 0 aliphatic heterocycles. The number of nitrogens with zero attached hydrogens (tertiary/aromatic N) is 1. The van der Waals surface area contributed by atoms with Gasteiger partial charge in [0, 0.05) is 17.1 Å². The summed E-state index contributed by atoms with van der Waals surface area (Å²) in [5, 5.41) is 2.94. The number of rotatable bonds is 8. The van der Waals surface area contributed by atoms with Crippen molar-refractivity contribution in [2.75, 3.05) is 32.1 Å². The number of hydrogen-bond donors (Lipinski definition) is 2. The summed E-state index contributed by atoms with van der Waals surface area (Å²) in [6, 6.07) is 4.04. The van der Waals surface area contributed by atoms with Crippen molar-refractivity contribution in [2.24, 2.45) is 0 Å². The lowest BCUT2D eigenvalue weighted by Crippen LogP contribution is -2.34. The van der Waals surface area contributed by atoms with E-state index in [0.717, 1.165) is 22.4 Å². The number of amides is 1. The predicted molar refractivity (Wildman–Crippen MR) is 117 cm³/mol. The molecule has 7 nitrogen and oxygen atoms in total. The minimum atomic E-state index is -0.520. The number of anilines is 1. The largest absolute Gasteiger partial charge is 0.462 e. The molecule has 1 aromatic carbocycles. The van der Waals surface area contributed by atoms with E-state index in [1.165, 1.54) is 0 Å². The summed E-state index contributed by atoms with van der Waals surface area (Å²) < 4.78 is 5.09. The van der Waals surface area contributed by atoms with Crippen molar-refractivity contribution in [1.82, 2.24) is 9.88 Å². The number of carbonyl (C=O) groups is 3. The SMILES string of the molecule is CCOC(=O)c1c(C)[nH]c(C)c1C(=O)CN(C)CC(=O)Nc1c(C)cc(C)cc1C. The average molecular weight is 414 g/mol. The van der Waals surface area contributed by atoms with Crippen LogP contribution in [-0.4, -0.2) is 54.3 Å². The van der Waals surface area contributed by atoms with Crippen molar-refractivity contribution in [1.29, 1.82) is 0 Å². The first-order valence-electron chi connectivity index (χ1n) is 10.0. The van der Waals surface area contributed by atoms with Gasteiger partial charge in [-0.05, 0) is 59.7 Å². The maximum Gasteiger partial charge on any atom is 0.340 e. The van der Waals surface area contributed by atoms with Gasteiger partial charge in [-0.25, -0.2) is 4.79 Å². The Balaban J connectivity index is 2.09. The second-order valence-corrected chi connectivity index (χ2v) is 7.76. The first-order chi connectivity index (χ1) is 14.0. The summed E-state index contributed by atoms with van der Waals surface area (Å²) in [7, 11) is 1.70. The Hall–Kier alpha value is -2.93. The van der Waals surface area contributed by atoms with Crippen LogP contribution in [-0.2, 0) is 9.53 Å². The lowest BCUT2D eigenvalue weighted by Gasteiger charge is -2.18. The van der Waals surface area contributed by atoms with Crippen molar-refractivity contribution >= 4 is 23.3 Å². The summed E-state index contributed by atoms with van der Waals surface area (Å²) in [6.45, 7) is 11.4. The van der Waals surface area contributed by atoms with Gasteiger partial charge in [0.05, 0.1) is 30.8 Å². The zero-order chi connectivity index (χ0) is 22.6. The number of hydrogen-bond acceptors (Lipinski definition) is 5. The van der Waals surface area contributed by atoms with Crippen molar-refractivity contribution < 1.29 is 19.1 Å². The zero-order valence-corrected chi connectivity index (χ0v) is 18.9. The summed E-state index contributed by atoms with van der Waals surface area (Å²) in [5.41, 5.74) is 5.73. The molecule has 0 saturated carbocycles. The number of ketones is 1. The molecule has 0 unspecified atom stereocenters. The van der Waals surface area contributed by atoms with Gasteiger partial charge < -0.3 is 15.0 Å². The molecule has 7 heteroatoms. The van der Waals surface area contributed by atoms with Gasteiger partial charge in [-0.2, -0.15) is 0 Å². The highest BCUT2D eigenvalue weighted by Gasteiger charge is 2.26. The van der Waals surface area contributed by atoms with Gasteiger partial charge in [-0.3, -0.25) is 14.5 Å². The van der Waals surface area contributed by atoms with Gasteiger partial charge in [-0.1, -0.05) is 17.7 Å². The highest BCUT2D eigenvalue weighted by atomic mass is 16.5. The number of likely N-dealkylation sites (N-methyl/N-ethyl adjacent to an activating group) is 1. The number of esters is 1. The number of H-pyrrole nitrogens is 1. The molecule has 162 valence electrons. The van der Waals surface area contributed by atoms with Crippen LogP contribution in [0.1, 0.15) is 55.7 Å². The van der Waals surface area contributed by atoms with Gasteiger partial charge in [0.25, 0.3) is 0 Å². The van der Waals surface area contributed by atoms with Gasteiger partial charge in [0.1, 0.15) is 0 Å². The molecule has 0 saturated heterocycles. The third-order valence-corrected chi connectivity index (χ3v) is 4.90. The van der Waals surface area contributed by atoms with Gasteiger partial charge in [-0.15, -0.1) is 0 Å². The molecule has 0 radical (unpaired) electrons. The highest BCUT2D eigenvalue weighted by molar-refractivity contribution is 6.09. The van der Waals surface area contributed by atoms with Crippen LogP contribution in [0, 0.1) is 34.6 Å². The third-order valence-electron chi connectivity index (χ3n) is 4.90. The van der Waals surface area contributed by atoms with E-state index in [2.05, 4.69) is 10.3 Å². The van der Waals surface area contributed by atoms with Crippen molar-refractivity contribution in [3.63, 3.8) is 0 Å². The maximum atomic E-state index is 12.9. The fourth-order valence-corrected chi connectivity index (χ4v) is 3.77. The molecular formula is C23H31N3O4. The Labute approximate surface area is 177 Å². The van der Waals surface area contributed by atoms with Crippen molar-refractivity contribution in [3.05, 3.63) is 51.3 Å². The van der Waals surface area contributed by atoms with Crippen LogP contribution in [0.2, 0.25) is 0 Å². The Bertz CT molecular complexity index is 952. The lowest BCUT2D eigenvalue weighted by atomic mass is 10.0. The monoisotopic (exact) mass is 413 g/mol. The average Bonchev–Trinajstić information content (AvgIpc) is 2.92. The number of aromatic amines is 1. The Morgan fingerprint density at radius 3 is 2.10 bits per heavy atom. The minimum Gasteiger partial charge on any atom is -0.462 e. The fourth-order valence-electron chi connectivity index (χ4n) is 3.77. The molecular weight excluding hydrogens is 382 g/mol. The molecule has 0 aliphatic carbocycles. The van der Waals surface area contributed by atoms with Crippen LogP contribution in [0.25, 0.3) is 0 Å². The smallest absolute Gasteiger partial charge is 0.340 e. The first kappa shape index (κ1) is 23.3. The van der Waals surface area contributed by atoms with Gasteiger partial charge in [0.2, 0.25) is 5.91 Å². The van der Waals surface area contributed by atoms with Gasteiger partial charge >= 0.3 is 5.97 Å². The van der Waals surface area contributed by atoms with E-state index >= 15 is 0 Å². The quantitative estimate of drug-likeness (QED) is 0.511. The number of benzene rings is 1. The van der Waals surface area contributed by atoms with Crippen LogP contribution in [0.3, 0.4) is 0 Å². The standard InChI is InChI=1S/C23H31N3O4/c1-8-30-23(29)21-17(6)24-16(5)20(21)18(27)11-26(7)12-19(28)25-22-14(3)9-13(2)10-15(22)4/h9-10,24H,8,11-12H2,1-7H3,(H,25,28). The van der Waals surface area contributed by atoms with E-state index in [9.17, 15) is 14.4 Å². The molecule has 0 spiro atoms. The Kier molecular flexibility index (Phi) is 7.56. The van der Waals surface area contributed by atoms with E-state index in [1.54, 1.807) is 32.7 Å². The first-order valence-corrected chi connectivity index (χ1v) is 10.0. The van der Waals surface area contributed by atoms with Gasteiger partial charge in [0.15, 0.2) is 5.78 Å². The van der Waals surface area contributed by atoms with Crippen LogP contribution >= 0.6 is 0 Å².